The number of amides is 1. The van der Waals surface area contributed by atoms with E-state index in [1.54, 1.807) is 6.92 Å². The number of likely N-dealkylation sites (tertiary alicyclic amines) is 1. The molecule has 3 N–H and O–H groups in total. The van der Waals surface area contributed by atoms with Crippen LogP contribution in [0.2, 0.25) is 0 Å². The Bertz CT molecular complexity index is 242. The second-order valence-corrected chi connectivity index (χ2v) is 3.66. The Kier molecular flexibility index (Phi) is 3.46. The van der Waals surface area contributed by atoms with E-state index in [4.69, 9.17) is 10.8 Å². The fourth-order valence-electron chi connectivity index (χ4n) is 1.67. The zero-order valence-corrected chi connectivity index (χ0v) is 8.27. The van der Waals surface area contributed by atoms with E-state index in [-0.39, 0.29) is 18.4 Å². The summed E-state index contributed by atoms with van der Waals surface area (Å²) >= 11 is 0. The molecule has 80 valence electrons. The summed E-state index contributed by atoms with van der Waals surface area (Å²) in [4.78, 5) is 23.9. The Morgan fingerprint density at radius 3 is 2.79 bits per heavy atom. The number of aliphatic carboxylic acids is 1. The highest BCUT2D eigenvalue weighted by atomic mass is 16.4. The lowest BCUT2D eigenvalue weighted by molar-refractivity contribution is -0.149. The molecule has 0 aromatic carbocycles. The van der Waals surface area contributed by atoms with Crippen molar-refractivity contribution in [1.29, 1.82) is 0 Å². The van der Waals surface area contributed by atoms with Crippen molar-refractivity contribution in [3.05, 3.63) is 0 Å². The largest absolute Gasteiger partial charge is 0.480 e. The van der Waals surface area contributed by atoms with Gasteiger partial charge in [-0.25, -0.2) is 4.79 Å². The molecule has 1 saturated heterocycles. The number of hydrogen-bond acceptors (Lipinski definition) is 3. The Morgan fingerprint density at radius 2 is 2.29 bits per heavy atom. The molecular weight excluding hydrogens is 184 g/mol. The van der Waals surface area contributed by atoms with E-state index in [0.29, 0.717) is 13.0 Å². The van der Waals surface area contributed by atoms with Crippen LogP contribution in [-0.4, -0.2) is 41.0 Å². The maximum Gasteiger partial charge on any atom is 0.326 e. The van der Waals surface area contributed by atoms with Gasteiger partial charge in [0.1, 0.15) is 6.04 Å². The maximum atomic E-state index is 11.7. The van der Waals surface area contributed by atoms with Crippen LogP contribution in [-0.2, 0) is 9.59 Å². The SMILES string of the molecule is CC(CN)C(=O)N1CCC[C@@H]1C(=O)O. The van der Waals surface area contributed by atoms with Crippen molar-refractivity contribution in [3.63, 3.8) is 0 Å². The molecule has 0 aliphatic carbocycles. The Labute approximate surface area is 82.9 Å². The first-order valence-electron chi connectivity index (χ1n) is 4.81. The lowest BCUT2D eigenvalue weighted by Gasteiger charge is -2.24. The van der Waals surface area contributed by atoms with Gasteiger partial charge in [-0.2, -0.15) is 0 Å². The van der Waals surface area contributed by atoms with Gasteiger partial charge < -0.3 is 15.7 Å². The molecule has 1 aliphatic rings. The number of carboxylic acid groups (broad SMARTS) is 1. The summed E-state index contributed by atoms with van der Waals surface area (Å²) in [5, 5.41) is 8.86. The zero-order valence-electron chi connectivity index (χ0n) is 8.27. The predicted octanol–water partition coefficient (Wildman–Crippen LogP) is -0.343. The van der Waals surface area contributed by atoms with Crippen LogP contribution >= 0.6 is 0 Å². The minimum Gasteiger partial charge on any atom is -0.480 e. The van der Waals surface area contributed by atoms with Crippen LogP contribution in [0.25, 0.3) is 0 Å². The van der Waals surface area contributed by atoms with E-state index in [1.807, 2.05) is 0 Å². The number of carbonyl (C=O) groups is 2. The lowest BCUT2D eigenvalue weighted by atomic mass is 10.1. The third kappa shape index (κ3) is 2.04. The maximum absolute atomic E-state index is 11.7. The number of hydrogen-bond donors (Lipinski definition) is 2. The van der Waals surface area contributed by atoms with E-state index in [9.17, 15) is 9.59 Å². The standard InChI is InChI=1S/C9H16N2O3/c1-6(5-10)8(12)11-4-2-3-7(11)9(13)14/h6-7H,2-5,10H2,1H3,(H,13,14)/t6?,7-/m1/s1. The average Bonchev–Trinajstić information content (AvgIpc) is 2.63. The van der Waals surface area contributed by atoms with Gasteiger partial charge in [0.05, 0.1) is 0 Å². The highest BCUT2D eigenvalue weighted by Crippen LogP contribution is 2.19. The molecule has 5 nitrogen and oxygen atoms in total. The average molecular weight is 200 g/mol. The number of nitrogens with two attached hydrogens (primary N) is 1. The number of rotatable bonds is 3. The van der Waals surface area contributed by atoms with Crippen molar-refractivity contribution >= 4 is 11.9 Å². The molecule has 1 aliphatic heterocycles. The van der Waals surface area contributed by atoms with Crippen molar-refractivity contribution in [3.8, 4) is 0 Å². The highest BCUT2D eigenvalue weighted by Gasteiger charge is 2.35. The Balaban J connectivity index is 2.67. The van der Waals surface area contributed by atoms with Gasteiger partial charge in [0.2, 0.25) is 5.91 Å². The lowest BCUT2D eigenvalue weighted by Crippen LogP contribution is -2.44. The molecule has 5 heteroatoms. The van der Waals surface area contributed by atoms with E-state index in [0.717, 1.165) is 6.42 Å². The zero-order chi connectivity index (χ0) is 10.7. The summed E-state index contributed by atoms with van der Waals surface area (Å²) < 4.78 is 0. The second-order valence-electron chi connectivity index (χ2n) is 3.66. The Morgan fingerprint density at radius 1 is 1.64 bits per heavy atom. The molecule has 0 bridgehead atoms. The predicted molar refractivity (Wildman–Crippen MR) is 50.6 cm³/mol. The topological polar surface area (TPSA) is 83.6 Å². The van der Waals surface area contributed by atoms with Crippen LogP contribution in [0, 0.1) is 5.92 Å². The van der Waals surface area contributed by atoms with Gasteiger partial charge >= 0.3 is 5.97 Å². The van der Waals surface area contributed by atoms with Crippen LogP contribution in [0.1, 0.15) is 19.8 Å². The van der Waals surface area contributed by atoms with Crippen LogP contribution in [0.5, 0.6) is 0 Å². The van der Waals surface area contributed by atoms with E-state index in [2.05, 4.69) is 0 Å². The summed E-state index contributed by atoms with van der Waals surface area (Å²) in [5.74, 6) is -1.34. The van der Waals surface area contributed by atoms with E-state index >= 15 is 0 Å². The van der Waals surface area contributed by atoms with Crippen molar-refractivity contribution < 1.29 is 14.7 Å². The summed E-state index contributed by atoms with van der Waals surface area (Å²) in [5.41, 5.74) is 5.37. The third-order valence-electron chi connectivity index (χ3n) is 2.60. The van der Waals surface area contributed by atoms with Gasteiger partial charge in [0.25, 0.3) is 0 Å². The van der Waals surface area contributed by atoms with Gasteiger partial charge in [-0.15, -0.1) is 0 Å². The summed E-state index contributed by atoms with van der Waals surface area (Å²) in [6, 6.07) is -0.642. The van der Waals surface area contributed by atoms with Gasteiger partial charge in [-0.1, -0.05) is 6.92 Å². The van der Waals surface area contributed by atoms with Crippen molar-refractivity contribution in [1.82, 2.24) is 4.90 Å². The molecule has 0 aromatic rings. The minimum atomic E-state index is -0.917. The normalized spacial score (nSPS) is 23.6. The molecule has 0 aromatic heterocycles. The van der Waals surface area contributed by atoms with Crippen LogP contribution in [0.4, 0.5) is 0 Å². The molecule has 0 radical (unpaired) electrons. The first-order valence-corrected chi connectivity index (χ1v) is 4.81. The van der Waals surface area contributed by atoms with E-state index < -0.39 is 12.0 Å². The fourth-order valence-corrected chi connectivity index (χ4v) is 1.67. The van der Waals surface area contributed by atoms with Gasteiger partial charge in [0, 0.05) is 19.0 Å². The Hall–Kier alpha value is -1.10. The molecule has 0 saturated carbocycles. The van der Waals surface area contributed by atoms with Gasteiger partial charge in [-0.3, -0.25) is 4.79 Å². The monoisotopic (exact) mass is 200 g/mol. The first-order chi connectivity index (χ1) is 6.57. The van der Waals surface area contributed by atoms with Crippen molar-refractivity contribution in [2.24, 2.45) is 11.7 Å². The molecule has 1 rings (SSSR count). The van der Waals surface area contributed by atoms with Crippen LogP contribution in [0.15, 0.2) is 0 Å². The molecule has 1 heterocycles. The fraction of sp³-hybridized carbons (Fsp3) is 0.778. The molecule has 1 fully saturated rings. The quantitative estimate of drug-likeness (QED) is 0.652. The minimum absolute atomic E-state index is 0.141. The number of nitrogens with zero attached hydrogens (tertiary/aromatic N) is 1. The van der Waals surface area contributed by atoms with Gasteiger partial charge in [-0.05, 0) is 12.8 Å². The number of carbonyl (C=O) groups excluding carboxylic acids is 1. The molecule has 0 spiro atoms. The van der Waals surface area contributed by atoms with Crippen molar-refractivity contribution in [2.45, 2.75) is 25.8 Å². The van der Waals surface area contributed by atoms with Crippen LogP contribution in [0.3, 0.4) is 0 Å². The summed E-state index contributed by atoms with van der Waals surface area (Å²) in [7, 11) is 0. The smallest absolute Gasteiger partial charge is 0.326 e. The molecule has 1 unspecified atom stereocenters. The highest BCUT2D eigenvalue weighted by molar-refractivity contribution is 5.85. The molecule has 1 amide bonds. The molecule has 2 atom stereocenters. The molecule has 14 heavy (non-hydrogen) atoms. The van der Waals surface area contributed by atoms with Gasteiger partial charge in [0.15, 0.2) is 0 Å². The number of carboxylic acids is 1. The second kappa shape index (κ2) is 4.41. The first kappa shape index (κ1) is 11.0. The molecular formula is C9H16N2O3. The summed E-state index contributed by atoms with van der Waals surface area (Å²) in [6.07, 6.45) is 1.32. The van der Waals surface area contributed by atoms with E-state index in [1.165, 1.54) is 4.90 Å². The summed E-state index contributed by atoms with van der Waals surface area (Å²) in [6.45, 7) is 2.53. The van der Waals surface area contributed by atoms with Crippen molar-refractivity contribution in [2.75, 3.05) is 13.1 Å². The van der Waals surface area contributed by atoms with Crippen LogP contribution < -0.4 is 5.73 Å². The third-order valence-corrected chi connectivity index (χ3v) is 2.60.